The molecule has 4 rings (SSSR count). The fourth-order valence-corrected chi connectivity index (χ4v) is 4.89. The summed E-state index contributed by atoms with van der Waals surface area (Å²) in [6.45, 7) is 0. The van der Waals surface area contributed by atoms with Crippen LogP contribution in [0, 0.1) is 0 Å². The monoisotopic (exact) mass is 429 g/mol. The molecule has 2 atom stereocenters. The molecule has 0 saturated heterocycles. The summed E-state index contributed by atoms with van der Waals surface area (Å²) in [5, 5.41) is 17.7. The number of aromatic nitrogens is 2. The molecule has 2 aromatic carbocycles. The Balaban J connectivity index is 1.64. The Bertz CT molecular complexity index is 1170. The summed E-state index contributed by atoms with van der Waals surface area (Å²) in [6, 6.07) is 18.3. The molecule has 0 radical (unpaired) electrons. The normalized spacial score (nSPS) is 20.9. The highest BCUT2D eigenvalue weighted by atomic mass is 35.5. The molecule has 1 aliphatic carbocycles. The van der Waals surface area contributed by atoms with Crippen LogP contribution >= 0.6 is 11.6 Å². The number of carboxylic acids is 1. The molecule has 0 aliphatic heterocycles. The first-order chi connectivity index (χ1) is 13.8. The fraction of sp³-hybridized carbons (Fsp3) is 0.150. The lowest BCUT2D eigenvalue weighted by molar-refractivity contribution is -0.140. The van der Waals surface area contributed by atoms with Crippen LogP contribution in [0.1, 0.15) is 17.9 Å². The minimum atomic E-state index is -4.09. The van der Waals surface area contributed by atoms with Crippen LogP contribution in [0.4, 0.5) is 0 Å². The standard InChI is InChI=1S/C20H16ClN3O4S/c21-18-10-9-17(22-23-18)14-7-4-8-15(11-14)29(27,28)24-20(19(25)26)12-16(20)13-5-2-1-3-6-13/h1-11,16,24H,12H2,(H,25,26)/t16-,20+/m0/s1. The van der Waals surface area contributed by atoms with Crippen molar-refractivity contribution in [1.29, 1.82) is 0 Å². The van der Waals surface area contributed by atoms with E-state index in [0.29, 0.717) is 11.3 Å². The van der Waals surface area contributed by atoms with E-state index in [4.69, 9.17) is 11.6 Å². The molecular weight excluding hydrogens is 414 g/mol. The van der Waals surface area contributed by atoms with E-state index < -0.39 is 27.4 Å². The van der Waals surface area contributed by atoms with E-state index in [9.17, 15) is 18.3 Å². The third-order valence-electron chi connectivity index (χ3n) is 4.93. The van der Waals surface area contributed by atoms with Gasteiger partial charge in [-0.05, 0) is 36.2 Å². The summed E-state index contributed by atoms with van der Waals surface area (Å²) in [5.41, 5.74) is 0.198. The van der Waals surface area contributed by atoms with E-state index in [0.717, 1.165) is 5.56 Å². The zero-order valence-electron chi connectivity index (χ0n) is 15.0. The van der Waals surface area contributed by atoms with E-state index in [1.807, 2.05) is 6.07 Å². The lowest BCUT2D eigenvalue weighted by Gasteiger charge is -2.16. The van der Waals surface area contributed by atoms with Crippen LogP contribution < -0.4 is 4.72 Å². The van der Waals surface area contributed by atoms with Gasteiger partial charge in [-0.2, -0.15) is 4.72 Å². The van der Waals surface area contributed by atoms with Gasteiger partial charge in [-0.15, -0.1) is 10.2 Å². The zero-order chi connectivity index (χ0) is 20.6. The van der Waals surface area contributed by atoms with Crippen LogP contribution in [0.5, 0.6) is 0 Å². The molecule has 1 heterocycles. The highest BCUT2D eigenvalue weighted by Crippen LogP contribution is 2.52. The number of carboxylic acid groups (broad SMARTS) is 1. The number of sulfonamides is 1. The topological polar surface area (TPSA) is 109 Å². The molecule has 9 heteroatoms. The second kappa shape index (κ2) is 7.22. The van der Waals surface area contributed by atoms with Crippen molar-refractivity contribution in [3.8, 4) is 11.3 Å². The number of carbonyl (C=O) groups is 1. The SMILES string of the molecule is O=C(O)[C@@]1(NS(=O)(=O)c2cccc(-c3ccc(Cl)nn3)c2)C[C@H]1c1ccccc1. The predicted molar refractivity (Wildman–Crippen MR) is 107 cm³/mol. The van der Waals surface area contributed by atoms with Crippen LogP contribution in [0.3, 0.4) is 0 Å². The van der Waals surface area contributed by atoms with Gasteiger partial charge in [0.25, 0.3) is 0 Å². The number of hydrogen-bond donors (Lipinski definition) is 2. The third kappa shape index (κ3) is 3.74. The molecule has 0 amide bonds. The Kier molecular flexibility index (Phi) is 4.85. The van der Waals surface area contributed by atoms with E-state index in [-0.39, 0.29) is 16.5 Å². The van der Waals surface area contributed by atoms with E-state index in [2.05, 4.69) is 14.9 Å². The molecule has 1 fully saturated rings. The van der Waals surface area contributed by atoms with Crippen molar-refractivity contribution >= 4 is 27.6 Å². The second-order valence-corrected chi connectivity index (χ2v) is 8.89. The summed E-state index contributed by atoms with van der Waals surface area (Å²) >= 11 is 5.74. The summed E-state index contributed by atoms with van der Waals surface area (Å²) in [5.74, 6) is -1.63. The molecular formula is C20H16ClN3O4S. The Hall–Kier alpha value is -2.81. The van der Waals surface area contributed by atoms with Gasteiger partial charge in [-0.3, -0.25) is 4.79 Å². The number of nitrogens with zero attached hydrogens (tertiary/aromatic N) is 2. The molecule has 0 unspecified atom stereocenters. The molecule has 7 nitrogen and oxygen atoms in total. The van der Waals surface area contributed by atoms with Crippen molar-refractivity contribution in [1.82, 2.24) is 14.9 Å². The van der Waals surface area contributed by atoms with Crippen molar-refractivity contribution in [2.24, 2.45) is 0 Å². The minimum Gasteiger partial charge on any atom is -0.480 e. The van der Waals surface area contributed by atoms with Crippen molar-refractivity contribution < 1.29 is 18.3 Å². The van der Waals surface area contributed by atoms with E-state index in [1.54, 1.807) is 48.5 Å². The van der Waals surface area contributed by atoms with Gasteiger partial charge in [0.05, 0.1) is 10.6 Å². The highest BCUT2D eigenvalue weighted by Gasteiger charge is 2.63. The molecule has 2 N–H and O–H groups in total. The molecule has 0 bridgehead atoms. The number of benzene rings is 2. The number of nitrogens with one attached hydrogen (secondary N) is 1. The summed E-state index contributed by atoms with van der Waals surface area (Å²) in [4.78, 5) is 11.9. The van der Waals surface area contributed by atoms with Crippen LogP contribution in [-0.2, 0) is 14.8 Å². The molecule has 1 aliphatic rings. The van der Waals surface area contributed by atoms with Crippen LogP contribution in [0.25, 0.3) is 11.3 Å². The lowest BCUT2D eigenvalue weighted by Crippen LogP contribution is -2.44. The number of rotatable bonds is 6. The van der Waals surface area contributed by atoms with Crippen LogP contribution in [0.2, 0.25) is 5.15 Å². The van der Waals surface area contributed by atoms with Gasteiger partial charge in [0.2, 0.25) is 10.0 Å². The Morgan fingerprint density at radius 1 is 1.07 bits per heavy atom. The first-order valence-electron chi connectivity index (χ1n) is 8.74. The van der Waals surface area contributed by atoms with Crippen LogP contribution in [-0.4, -0.2) is 35.2 Å². The minimum absolute atomic E-state index is 0.0499. The smallest absolute Gasteiger partial charge is 0.325 e. The summed E-state index contributed by atoms with van der Waals surface area (Å²) < 4.78 is 28.4. The maximum absolute atomic E-state index is 13.0. The van der Waals surface area contributed by atoms with Gasteiger partial charge >= 0.3 is 5.97 Å². The maximum atomic E-state index is 13.0. The van der Waals surface area contributed by atoms with Gasteiger partial charge in [-0.25, -0.2) is 8.42 Å². The third-order valence-corrected chi connectivity index (χ3v) is 6.64. The largest absolute Gasteiger partial charge is 0.480 e. The van der Waals surface area contributed by atoms with Crippen molar-refractivity contribution in [2.75, 3.05) is 0 Å². The molecule has 1 aromatic heterocycles. The Morgan fingerprint density at radius 2 is 1.83 bits per heavy atom. The van der Waals surface area contributed by atoms with E-state index >= 15 is 0 Å². The van der Waals surface area contributed by atoms with Gasteiger partial charge < -0.3 is 5.11 Å². The van der Waals surface area contributed by atoms with Crippen molar-refractivity contribution in [2.45, 2.75) is 22.8 Å². The van der Waals surface area contributed by atoms with Gasteiger partial charge in [0.1, 0.15) is 5.54 Å². The molecule has 1 saturated carbocycles. The van der Waals surface area contributed by atoms with Crippen molar-refractivity contribution in [3.63, 3.8) is 0 Å². The molecule has 148 valence electrons. The van der Waals surface area contributed by atoms with Gasteiger partial charge in [-0.1, -0.05) is 54.1 Å². The number of hydrogen-bond acceptors (Lipinski definition) is 5. The quantitative estimate of drug-likeness (QED) is 0.623. The Morgan fingerprint density at radius 3 is 2.48 bits per heavy atom. The lowest BCUT2D eigenvalue weighted by atomic mass is 10.1. The molecule has 29 heavy (non-hydrogen) atoms. The predicted octanol–water partition coefficient (Wildman–Crippen LogP) is 3.09. The van der Waals surface area contributed by atoms with Gasteiger partial charge in [0.15, 0.2) is 5.15 Å². The van der Waals surface area contributed by atoms with Gasteiger partial charge in [0, 0.05) is 11.5 Å². The first-order valence-corrected chi connectivity index (χ1v) is 10.6. The van der Waals surface area contributed by atoms with E-state index in [1.165, 1.54) is 12.1 Å². The fourth-order valence-electron chi connectivity index (χ4n) is 3.33. The Labute approximate surface area is 172 Å². The average Bonchev–Trinajstić information content (AvgIpc) is 3.44. The second-order valence-electron chi connectivity index (χ2n) is 6.82. The maximum Gasteiger partial charge on any atom is 0.325 e. The molecule has 0 spiro atoms. The number of halogens is 1. The van der Waals surface area contributed by atoms with Crippen molar-refractivity contribution in [3.05, 3.63) is 77.4 Å². The van der Waals surface area contributed by atoms with Crippen LogP contribution in [0.15, 0.2) is 71.6 Å². The highest BCUT2D eigenvalue weighted by molar-refractivity contribution is 7.89. The number of aliphatic carboxylic acids is 1. The summed E-state index contributed by atoms with van der Waals surface area (Å²) in [6.07, 6.45) is 0.188. The zero-order valence-corrected chi connectivity index (χ0v) is 16.6. The molecule has 3 aromatic rings. The summed E-state index contributed by atoms with van der Waals surface area (Å²) in [7, 11) is -4.09. The average molecular weight is 430 g/mol. The first kappa shape index (κ1) is 19.5.